The predicted molar refractivity (Wildman–Crippen MR) is 190 cm³/mol. The first kappa shape index (κ1) is 34.8. The molecular weight excluding hydrogens is 540 g/mol. The Morgan fingerprint density at radius 3 is 1.64 bits per heavy atom. The number of fused-ring (bicyclic) bond motifs is 6. The molecule has 3 aliphatic rings. The summed E-state index contributed by atoms with van der Waals surface area (Å²) >= 11 is 0. The molecule has 1 aromatic rings. The van der Waals surface area contributed by atoms with E-state index >= 15 is 0 Å². The van der Waals surface area contributed by atoms with Crippen molar-refractivity contribution in [1.29, 1.82) is 0 Å². The standard InChI is InChI=1S/C41H62O3/c1-3-5-7-9-11-13-14-15-17-19-28-42-29-23-30-43-33-39-40(44-31-20-18-16-12-10-8-6-4-2)32-38-36-26-21-24-34(36)35-25-22-27-37(35)41(38)39/h21-22,24-27,32,39H,3-20,23,28-31,33H2,1-2H3. The van der Waals surface area contributed by atoms with Gasteiger partial charge in [-0.2, -0.15) is 0 Å². The number of hydrogen-bond acceptors (Lipinski definition) is 3. The molecule has 44 heavy (non-hydrogen) atoms. The summed E-state index contributed by atoms with van der Waals surface area (Å²) in [6, 6.07) is 0. The highest BCUT2D eigenvalue weighted by molar-refractivity contribution is 5.85. The zero-order valence-corrected chi connectivity index (χ0v) is 28.3. The molecule has 1 unspecified atom stereocenters. The third kappa shape index (κ3) is 10.8. The molecule has 3 aliphatic carbocycles. The number of benzene rings is 1. The van der Waals surface area contributed by atoms with Gasteiger partial charge in [0.2, 0.25) is 0 Å². The molecule has 4 rings (SSSR count). The van der Waals surface area contributed by atoms with Gasteiger partial charge in [-0.15, -0.1) is 0 Å². The third-order valence-electron chi connectivity index (χ3n) is 9.54. The van der Waals surface area contributed by atoms with Crippen LogP contribution >= 0.6 is 0 Å². The van der Waals surface area contributed by atoms with Crippen molar-refractivity contribution < 1.29 is 14.2 Å². The Balaban J connectivity index is 1.16. The monoisotopic (exact) mass is 602 g/mol. The van der Waals surface area contributed by atoms with Crippen LogP contribution in [0.4, 0.5) is 0 Å². The zero-order chi connectivity index (χ0) is 30.7. The quantitative estimate of drug-likeness (QED) is 0.0938. The lowest BCUT2D eigenvalue weighted by molar-refractivity contribution is 0.0701. The van der Waals surface area contributed by atoms with Crippen molar-refractivity contribution in [3.63, 3.8) is 0 Å². The van der Waals surface area contributed by atoms with E-state index in [1.165, 1.54) is 142 Å². The second-order valence-corrected chi connectivity index (χ2v) is 13.2. The lowest BCUT2D eigenvalue weighted by Gasteiger charge is -2.19. The molecule has 1 aromatic carbocycles. The van der Waals surface area contributed by atoms with E-state index in [1.54, 1.807) is 0 Å². The van der Waals surface area contributed by atoms with Crippen molar-refractivity contribution in [2.45, 2.75) is 142 Å². The van der Waals surface area contributed by atoms with Crippen LogP contribution in [0.1, 0.15) is 164 Å². The summed E-state index contributed by atoms with van der Waals surface area (Å²) in [6.07, 6.45) is 40.9. The molecule has 3 nitrogen and oxygen atoms in total. The normalized spacial score (nSPS) is 15.7. The van der Waals surface area contributed by atoms with Gasteiger partial charge in [0.05, 0.1) is 19.1 Å². The van der Waals surface area contributed by atoms with Gasteiger partial charge in [-0.25, -0.2) is 0 Å². The molecule has 0 heterocycles. The van der Waals surface area contributed by atoms with Gasteiger partial charge < -0.3 is 14.2 Å². The average Bonchev–Trinajstić information content (AvgIpc) is 3.79. The summed E-state index contributed by atoms with van der Waals surface area (Å²) in [6.45, 7) is 8.45. The third-order valence-corrected chi connectivity index (χ3v) is 9.54. The maximum absolute atomic E-state index is 6.53. The average molecular weight is 603 g/mol. The van der Waals surface area contributed by atoms with Crippen LogP contribution in [0.3, 0.4) is 0 Å². The minimum atomic E-state index is 0.163. The van der Waals surface area contributed by atoms with Crippen molar-refractivity contribution in [2.75, 3.05) is 33.0 Å². The lowest BCUT2D eigenvalue weighted by atomic mass is 9.92. The Morgan fingerprint density at radius 1 is 0.500 bits per heavy atom. The minimum Gasteiger partial charge on any atom is -0.497 e. The summed E-state index contributed by atoms with van der Waals surface area (Å²) in [5, 5.41) is 2.70. The molecule has 0 aromatic heterocycles. The van der Waals surface area contributed by atoms with Gasteiger partial charge in [-0.1, -0.05) is 153 Å². The Bertz CT molecular complexity index is 1190. The predicted octanol–water partition coefficient (Wildman–Crippen LogP) is 10.2. The Kier molecular flexibility index (Phi) is 16.5. The maximum Gasteiger partial charge on any atom is 0.106 e. The fourth-order valence-electron chi connectivity index (χ4n) is 6.98. The smallest absolute Gasteiger partial charge is 0.106 e. The summed E-state index contributed by atoms with van der Waals surface area (Å²) in [5.41, 5.74) is 5.44. The Hall–Kier alpha value is -2.10. The SMILES string of the molecule is CCCCCCCCCCCCOCCCOCC1C(OCCCCCCCCCC)=Cc2c1c1c(c3c2=CC=C3)C=CC=1. The molecule has 0 saturated heterocycles. The van der Waals surface area contributed by atoms with E-state index in [2.05, 4.69) is 56.4 Å². The van der Waals surface area contributed by atoms with Gasteiger partial charge in [0.1, 0.15) is 5.76 Å². The highest BCUT2D eigenvalue weighted by Gasteiger charge is 2.31. The Morgan fingerprint density at radius 2 is 1.00 bits per heavy atom. The summed E-state index contributed by atoms with van der Waals surface area (Å²) in [7, 11) is 0. The first-order chi connectivity index (χ1) is 21.8. The topological polar surface area (TPSA) is 27.7 Å². The molecule has 0 amide bonds. The van der Waals surface area contributed by atoms with E-state index in [4.69, 9.17) is 14.2 Å². The van der Waals surface area contributed by atoms with Gasteiger partial charge in [0.15, 0.2) is 0 Å². The second-order valence-electron chi connectivity index (χ2n) is 13.2. The van der Waals surface area contributed by atoms with Crippen LogP contribution in [0.5, 0.6) is 0 Å². The molecule has 244 valence electrons. The number of allylic oxidation sites excluding steroid dienone is 2. The van der Waals surface area contributed by atoms with Crippen molar-refractivity contribution in [2.24, 2.45) is 0 Å². The lowest BCUT2D eigenvalue weighted by Crippen LogP contribution is -2.26. The van der Waals surface area contributed by atoms with E-state index in [1.807, 2.05) is 0 Å². The van der Waals surface area contributed by atoms with Crippen molar-refractivity contribution >= 4 is 30.4 Å². The number of ether oxygens (including phenoxy) is 3. The molecule has 0 N–H and O–H groups in total. The van der Waals surface area contributed by atoms with E-state index in [-0.39, 0.29) is 5.92 Å². The van der Waals surface area contributed by atoms with Crippen LogP contribution in [-0.4, -0.2) is 33.0 Å². The summed E-state index contributed by atoms with van der Waals surface area (Å²) in [5.74, 6) is 1.26. The molecule has 3 heteroatoms. The molecule has 0 spiro atoms. The fraction of sp³-hybridized carbons (Fsp3) is 0.659. The van der Waals surface area contributed by atoms with Crippen molar-refractivity contribution in [3.8, 4) is 0 Å². The summed E-state index contributed by atoms with van der Waals surface area (Å²) in [4.78, 5) is 0. The van der Waals surface area contributed by atoms with Crippen LogP contribution in [0.25, 0.3) is 30.4 Å². The van der Waals surface area contributed by atoms with Gasteiger partial charge in [-0.05, 0) is 58.0 Å². The van der Waals surface area contributed by atoms with Crippen LogP contribution in [0, 0.1) is 0 Å². The molecule has 0 aliphatic heterocycles. The van der Waals surface area contributed by atoms with E-state index < -0.39 is 0 Å². The van der Waals surface area contributed by atoms with E-state index in [9.17, 15) is 0 Å². The second kappa shape index (κ2) is 20.8. The highest BCUT2D eigenvalue weighted by atomic mass is 16.5. The number of unbranched alkanes of at least 4 members (excludes halogenated alkanes) is 16. The molecular formula is C41H62O3. The zero-order valence-electron chi connectivity index (χ0n) is 28.3. The molecule has 0 bridgehead atoms. The number of rotatable bonds is 27. The van der Waals surface area contributed by atoms with Gasteiger partial charge in [0.25, 0.3) is 0 Å². The van der Waals surface area contributed by atoms with E-state index in [0.717, 1.165) is 45.0 Å². The highest BCUT2D eigenvalue weighted by Crippen LogP contribution is 2.36. The molecule has 0 saturated carbocycles. The Labute approximate surface area is 269 Å². The largest absolute Gasteiger partial charge is 0.497 e. The molecule has 0 radical (unpaired) electrons. The molecule has 0 fully saturated rings. The van der Waals surface area contributed by atoms with Gasteiger partial charge in [-0.3, -0.25) is 0 Å². The minimum absolute atomic E-state index is 0.163. The van der Waals surface area contributed by atoms with E-state index in [0.29, 0.717) is 6.61 Å². The van der Waals surface area contributed by atoms with Crippen LogP contribution in [-0.2, 0) is 14.2 Å². The van der Waals surface area contributed by atoms with Gasteiger partial charge >= 0.3 is 0 Å². The molecule has 1 atom stereocenters. The fourth-order valence-corrected chi connectivity index (χ4v) is 6.98. The van der Waals surface area contributed by atoms with Crippen LogP contribution in [0.2, 0.25) is 0 Å². The van der Waals surface area contributed by atoms with Crippen molar-refractivity contribution in [1.82, 2.24) is 0 Å². The maximum atomic E-state index is 6.53. The summed E-state index contributed by atoms with van der Waals surface area (Å²) < 4.78 is 18.8. The first-order valence-electron chi connectivity index (χ1n) is 18.6. The number of hydrogen-bond donors (Lipinski definition) is 0. The van der Waals surface area contributed by atoms with Crippen LogP contribution < -0.4 is 10.4 Å². The van der Waals surface area contributed by atoms with Crippen molar-refractivity contribution in [3.05, 3.63) is 50.6 Å². The first-order valence-corrected chi connectivity index (χ1v) is 18.6. The van der Waals surface area contributed by atoms with Gasteiger partial charge in [0, 0.05) is 19.8 Å². The van der Waals surface area contributed by atoms with Crippen LogP contribution in [0.15, 0.2) is 17.9 Å².